The zero-order chi connectivity index (χ0) is 9.14. The molecule has 1 rings (SSSR count). The number of hydrogen-bond acceptors (Lipinski definition) is 1. The number of hydrogen-bond donors (Lipinski definition) is 0. The molecule has 0 fully saturated rings. The molecule has 0 spiro atoms. The first-order valence-electron chi connectivity index (χ1n) is 4.14. The van der Waals surface area contributed by atoms with E-state index < -0.39 is 0 Å². The molecule has 0 bridgehead atoms. The zero-order valence-electron chi connectivity index (χ0n) is 7.75. The molecule has 0 saturated carbocycles. The van der Waals surface area contributed by atoms with Crippen molar-refractivity contribution in [3.05, 3.63) is 49.0 Å². The highest BCUT2D eigenvalue weighted by atomic mass is 15.1. The van der Waals surface area contributed by atoms with Gasteiger partial charge in [-0.15, -0.1) is 0 Å². The van der Waals surface area contributed by atoms with Crippen molar-refractivity contribution >= 4 is 0 Å². The van der Waals surface area contributed by atoms with E-state index in [0.717, 1.165) is 5.70 Å². The van der Waals surface area contributed by atoms with Crippen LogP contribution >= 0.6 is 0 Å². The summed E-state index contributed by atoms with van der Waals surface area (Å²) < 4.78 is 0. The topological polar surface area (TPSA) is 3.24 Å². The summed E-state index contributed by atoms with van der Waals surface area (Å²) in [5.74, 6) is 0.560. The minimum Gasteiger partial charge on any atom is -0.325 e. The van der Waals surface area contributed by atoms with E-state index in [2.05, 4.69) is 39.2 Å². The molecular formula is C11H15N. The lowest BCUT2D eigenvalue weighted by molar-refractivity contribution is 0.636. The van der Waals surface area contributed by atoms with Crippen LogP contribution in [0.4, 0.5) is 0 Å². The van der Waals surface area contributed by atoms with Crippen LogP contribution in [0.3, 0.4) is 0 Å². The smallest absolute Gasteiger partial charge is 0.0380 e. The van der Waals surface area contributed by atoms with Crippen LogP contribution in [0.2, 0.25) is 0 Å². The third-order valence-corrected chi connectivity index (χ3v) is 1.96. The second kappa shape index (κ2) is 3.44. The molecule has 0 aromatic heterocycles. The summed E-state index contributed by atoms with van der Waals surface area (Å²) in [4.78, 5) is 1.91. The summed E-state index contributed by atoms with van der Waals surface area (Å²) in [5, 5.41) is 0. The molecule has 0 saturated heterocycles. The summed E-state index contributed by atoms with van der Waals surface area (Å²) in [6.45, 7) is 12.0. The summed E-state index contributed by atoms with van der Waals surface area (Å²) >= 11 is 0. The number of nitrogens with zero attached hydrogens (tertiary/aromatic N) is 1. The van der Waals surface area contributed by atoms with Gasteiger partial charge in [0, 0.05) is 18.1 Å². The fourth-order valence-electron chi connectivity index (χ4n) is 1.11. The molecule has 1 heterocycles. The molecule has 1 nitrogen and oxygen atoms in total. The first-order chi connectivity index (χ1) is 5.65. The van der Waals surface area contributed by atoms with E-state index in [9.17, 15) is 0 Å². The van der Waals surface area contributed by atoms with E-state index in [0.29, 0.717) is 5.92 Å². The van der Waals surface area contributed by atoms with Crippen molar-refractivity contribution in [1.29, 1.82) is 0 Å². The van der Waals surface area contributed by atoms with Crippen LogP contribution < -0.4 is 0 Å². The molecule has 0 amide bonds. The molecule has 1 heteroatoms. The van der Waals surface area contributed by atoms with Crippen LogP contribution in [-0.2, 0) is 0 Å². The Hall–Kier alpha value is -1.24. The van der Waals surface area contributed by atoms with Gasteiger partial charge in [0.2, 0.25) is 0 Å². The average Bonchev–Trinajstić information content (AvgIpc) is 2.04. The van der Waals surface area contributed by atoms with Crippen LogP contribution in [-0.4, -0.2) is 4.90 Å². The van der Waals surface area contributed by atoms with Crippen molar-refractivity contribution in [3.63, 3.8) is 0 Å². The van der Waals surface area contributed by atoms with Gasteiger partial charge in [0.05, 0.1) is 0 Å². The van der Waals surface area contributed by atoms with Gasteiger partial charge in [-0.3, -0.25) is 0 Å². The Morgan fingerprint density at radius 1 is 1.50 bits per heavy atom. The average molecular weight is 161 g/mol. The van der Waals surface area contributed by atoms with E-state index in [4.69, 9.17) is 0 Å². The van der Waals surface area contributed by atoms with Gasteiger partial charge in [0.1, 0.15) is 0 Å². The summed E-state index contributed by atoms with van der Waals surface area (Å²) in [5.41, 5.74) is 2.30. The number of allylic oxidation sites excluding steroid dienone is 3. The molecule has 0 aliphatic carbocycles. The second-order valence-corrected chi connectivity index (χ2v) is 3.20. The lowest BCUT2D eigenvalue weighted by atomic mass is 10.0. The highest BCUT2D eigenvalue weighted by molar-refractivity contribution is 5.35. The molecule has 12 heavy (non-hydrogen) atoms. The first-order valence-corrected chi connectivity index (χ1v) is 4.14. The van der Waals surface area contributed by atoms with E-state index in [1.807, 2.05) is 11.1 Å². The second-order valence-electron chi connectivity index (χ2n) is 3.20. The molecule has 1 aliphatic rings. The van der Waals surface area contributed by atoms with Gasteiger partial charge in [-0.25, -0.2) is 0 Å². The van der Waals surface area contributed by atoms with Crippen LogP contribution in [0, 0.1) is 5.92 Å². The van der Waals surface area contributed by atoms with Crippen LogP contribution in [0.15, 0.2) is 49.0 Å². The Morgan fingerprint density at radius 3 is 2.58 bits per heavy atom. The normalized spacial score (nSPS) is 16.8. The fraction of sp³-hybridized carbons (Fsp3) is 0.273. The van der Waals surface area contributed by atoms with E-state index in [1.54, 1.807) is 6.20 Å². The molecule has 0 unspecified atom stereocenters. The van der Waals surface area contributed by atoms with Crippen molar-refractivity contribution < 1.29 is 0 Å². The Kier molecular flexibility index (Phi) is 2.54. The summed E-state index contributed by atoms with van der Waals surface area (Å²) in [7, 11) is 0. The maximum Gasteiger partial charge on any atom is 0.0380 e. The molecule has 0 aromatic carbocycles. The molecule has 0 aromatic rings. The minimum absolute atomic E-state index is 0.560. The van der Waals surface area contributed by atoms with E-state index >= 15 is 0 Å². The first kappa shape index (κ1) is 8.85. The van der Waals surface area contributed by atoms with Gasteiger partial charge in [-0.2, -0.15) is 0 Å². The minimum atomic E-state index is 0.560. The molecule has 1 aliphatic heterocycles. The zero-order valence-corrected chi connectivity index (χ0v) is 7.75. The predicted octanol–water partition coefficient (Wildman–Crippen LogP) is 3.06. The fourth-order valence-corrected chi connectivity index (χ4v) is 1.11. The lowest BCUT2D eigenvalue weighted by Gasteiger charge is -2.21. The Labute approximate surface area is 74.4 Å². The lowest BCUT2D eigenvalue weighted by Crippen LogP contribution is -2.11. The van der Waals surface area contributed by atoms with Crippen molar-refractivity contribution in [2.24, 2.45) is 5.92 Å². The van der Waals surface area contributed by atoms with Crippen LogP contribution in [0.5, 0.6) is 0 Å². The third kappa shape index (κ3) is 1.67. The standard InChI is InChI=1S/C11H15N/c1-5-12-7-6-11(9(2)3)8-10(12)4/h5-9H,1,4H2,2-3H3. The number of rotatable bonds is 2. The highest BCUT2D eigenvalue weighted by Gasteiger charge is 2.07. The van der Waals surface area contributed by atoms with Gasteiger partial charge in [-0.1, -0.05) is 27.0 Å². The van der Waals surface area contributed by atoms with Gasteiger partial charge in [0.25, 0.3) is 0 Å². The molecular weight excluding hydrogens is 146 g/mol. The monoisotopic (exact) mass is 161 g/mol. The largest absolute Gasteiger partial charge is 0.325 e. The third-order valence-electron chi connectivity index (χ3n) is 1.96. The van der Waals surface area contributed by atoms with Gasteiger partial charge >= 0.3 is 0 Å². The molecule has 0 atom stereocenters. The molecule has 64 valence electrons. The van der Waals surface area contributed by atoms with Crippen LogP contribution in [0.25, 0.3) is 0 Å². The van der Waals surface area contributed by atoms with Crippen molar-refractivity contribution in [3.8, 4) is 0 Å². The van der Waals surface area contributed by atoms with Crippen molar-refractivity contribution in [2.75, 3.05) is 0 Å². The Bertz CT molecular complexity index is 256. The van der Waals surface area contributed by atoms with E-state index in [1.165, 1.54) is 5.57 Å². The quantitative estimate of drug-likeness (QED) is 0.601. The Balaban J connectivity index is 2.83. The van der Waals surface area contributed by atoms with Gasteiger partial charge in [-0.05, 0) is 23.6 Å². The van der Waals surface area contributed by atoms with Crippen molar-refractivity contribution in [1.82, 2.24) is 4.90 Å². The molecule has 0 N–H and O–H groups in total. The summed E-state index contributed by atoms with van der Waals surface area (Å²) in [6, 6.07) is 0. The SMILES string of the molecule is C=CN1C=CC(C(C)C)=CC1=C. The molecule has 0 radical (unpaired) electrons. The van der Waals surface area contributed by atoms with Gasteiger partial charge < -0.3 is 4.90 Å². The Morgan fingerprint density at radius 2 is 2.17 bits per heavy atom. The predicted molar refractivity (Wildman–Crippen MR) is 53.2 cm³/mol. The van der Waals surface area contributed by atoms with Crippen molar-refractivity contribution in [2.45, 2.75) is 13.8 Å². The maximum atomic E-state index is 3.93. The van der Waals surface area contributed by atoms with Crippen LogP contribution in [0.1, 0.15) is 13.8 Å². The van der Waals surface area contributed by atoms with Gasteiger partial charge in [0.15, 0.2) is 0 Å². The van der Waals surface area contributed by atoms with E-state index in [-0.39, 0.29) is 0 Å². The summed E-state index contributed by atoms with van der Waals surface area (Å²) in [6.07, 6.45) is 7.94. The highest BCUT2D eigenvalue weighted by Crippen LogP contribution is 2.20. The maximum absolute atomic E-state index is 3.93.